The normalized spacial score (nSPS) is 13.1. The molecule has 4 nitrogen and oxygen atoms in total. The van der Waals surface area contributed by atoms with Gasteiger partial charge in [-0.2, -0.15) is 0 Å². The Bertz CT molecular complexity index is 3390. The van der Waals surface area contributed by atoms with E-state index in [4.69, 9.17) is 9.97 Å². The zero-order valence-corrected chi connectivity index (χ0v) is 32.8. The second-order valence-electron chi connectivity index (χ2n) is 16.2. The Kier molecular flexibility index (Phi) is 7.24. The quantitative estimate of drug-likeness (QED) is 0.175. The molecule has 4 heteroatoms. The highest BCUT2D eigenvalue weighted by Crippen LogP contribution is 2.58. The Morgan fingerprint density at radius 1 is 0.424 bits per heavy atom. The van der Waals surface area contributed by atoms with Crippen LogP contribution in [0.25, 0.3) is 100 Å². The Morgan fingerprint density at radius 3 is 1.63 bits per heavy atom. The maximum atomic E-state index is 5.24. The van der Waals surface area contributed by atoms with Crippen molar-refractivity contribution >= 4 is 43.6 Å². The first-order valence-electron chi connectivity index (χ1n) is 20.3. The number of nitrogens with zero attached hydrogens (tertiary/aromatic N) is 4. The molecule has 1 aliphatic carbocycles. The zero-order chi connectivity index (χ0) is 39.2. The predicted octanol–water partition coefficient (Wildman–Crippen LogP) is 14.0. The van der Waals surface area contributed by atoms with Gasteiger partial charge in [0.2, 0.25) is 0 Å². The van der Waals surface area contributed by atoms with Crippen LogP contribution in [0, 0.1) is 0 Å². The summed E-state index contributed by atoms with van der Waals surface area (Å²) >= 11 is 0. The van der Waals surface area contributed by atoms with Crippen LogP contribution in [0.4, 0.5) is 0 Å². The molecular weight excluding hydrogens is 717 g/mol. The first-order chi connectivity index (χ1) is 29.1. The smallest absolute Gasteiger partial charge is 0.160 e. The lowest BCUT2D eigenvalue weighted by Gasteiger charge is -2.24. The lowest BCUT2D eigenvalue weighted by Crippen LogP contribution is -2.16. The number of aromatic nitrogens is 4. The van der Waals surface area contributed by atoms with Crippen molar-refractivity contribution in [3.63, 3.8) is 0 Å². The molecule has 3 heterocycles. The number of hydrogen-bond acceptors (Lipinski definition) is 2. The minimum Gasteiger partial charge on any atom is -0.309 e. The summed E-state index contributed by atoms with van der Waals surface area (Å²) in [5, 5.41) is 5.06. The second kappa shape index (κ2) is 12.7. The average molecular weight is 755 g/mol. The molecule has 0 saturated heterocycles. The van der Waals surface area contributed by atoms with Crippen molar-refractivity contribution in [2.24, 2.45) is 0 Å². The molecule has 3 aromatic heterocycles. The van der Waals surface area contributed by atoms with Crippen LogP contribution in [0.2, 0.25) is 0 Å². The van der Waals surface area contributed by atoms with Gasteiger partial charge in [-0.1, -0.05) is 166 Å². The summed E-state index contributed by atoms with van der Waals surface area (Å²) in [6, 6.07) is 69.6. The molecule has 0 radical (unpaired) electrons. The van der Waals surface area contributed by atoms with Crippen molar-refractivity contribution in [1.82, 2.24) is 19.1 Å². The summed E-state index contributed by atoms with van der Waals surface area (Å²) in [6.45, 7) is 4.82. The molecule has 11 aromatic rings. The van der Waals surface area contributed by atoms with Crippen molar-refractivity contribution in [1.29, 1.82) is 0 Å². The summed E-state index contributed by atoms with van der Waals surface area (Å²) in [5.41, 5.74) is 17.0. The minimum absolute atomic E-state index is 0.273. The molecule has 0 N–H and O–H groups in total. The number of benzene rings is 8. The largest absolute Gasteiger partial charge is 0.309 e. The summed E-state index contributed by atoms with van der Waals surface area (Å²) < 4.78 is 5.05. The van der Waals surface area contributed by atoms with E-state index in [1.54, 1.807) is 0 Å². The number of hydrogen-bond donors (Lipinski definition) is 0. The summed E-state index contributed by atoms with van der Waals surface area (Å²) in [4.78, 5) is 10.3. The van der Waals surface area contributed by atoms with Gasteiger partial charge < -0.3 is 9.13 Å². The molecule has 59 heavy (non-hydrogen) atoms. The van der Waals surface area contributed by atoms with Gasteiger partial charge in [0, 0.05) is 60.6 Å². The Hall–Kier alpha value is -7.56. The molecular formula is C55H38N4. The number of para-hydroxylation sites is 3. The Labute approximate surface area is 342 Å². The molecule has 0 saturated carbocycles. The number of rotatable bonds is 5. The van der Waals surface area contributed by atoms with Crippen molar-refractivity contribution in [2.45, 2.75) is 19.3 Å². The van der Waals surface area contributed by atoms with E-state index < -0.39 is 0 Å². The van der Waals surface area contributed by atoms with Crippen LogP contribution in [0.1, 0.15) is 25.0 Å². The van der Waals surface area contributed by atoms with Gasteiger partial charge in [-0.15, -0.1) is 0 Å². The first kappa shape index (κ1) is 33.6. The van der Waals surface area contributed by atoms with Crippen LogP contribution in [0.15, 0.2) is 194 Å². The van der Waals surface area contributed by atoms with Crippen molar-refractivity contribution in [3.05, 3.63) is 205 Å². The van der Waals surface area contributed by atoms with Gasteiger partial charge in [0.1, 0.15) is 0 Å². The minimum atomic E-state index is -0.273. The standard InChI is InChI=1S/C55H38N4/c1-55(2)43-30-15-12-27-40(43)50-51(55)53-49(42-29-14-16-31-46(42)58(53)38-24-10-5-11-25-38)48-41-28-13-17-32-47(41)59(52(48)50)39-26-18-23-37(33-39)45-34-44(35-19-6-3-7-20-35)56-54(57-45)36-21-8-4-9-22-36/h3-34H,1-2H3. The molecule has 0 atom stereocenters. The van der Waals surface area contributed by atoms with E-state index in [1.165, 1.54) is 65.9 Å². The first-order valence-corrected chi connectivity index (χ1v) is 20.3. The van der Waals surface area contributed by atoms with Crippen molar-refractivity contribution < 1.29 is 0 Å². The highest BCUT2D eigenvalue weighted by atomic mass is 15.0. The van der Waals surface area contributed by atoms with Gasteiger partial charge in [-0.3, -0.25) is 0 Å². The average Bonchev–Trinajstić information content (AvgIpc) is 3.90. The van der Waals surface area contributed by atoms with Gasteiger partial charge in [0.15, 0.2) is 5.82 Å². The molecule has 0 spiro atoms. The molecule has 0 unspecified atom stereocenters. The lowest BCUT2D eigenvalue weighted by molar-refractivity contribution is 0.664. The third-order valence-corrected chi connectivity index (χ3v) is 12.5. The van der Waals surface area contributed by atoms with Gasteiger partial charge >= 0.3 is 0 Å². The second-order valence-corrected chi connectivity index (χ2v) is 16.2. The molecule has 1 aliphatic rings. The highest BCUT2D eigenvalue weighted by Gasteiger charge is 2.41. The summed E-state index contributed by atoms with van der Waals surface area (Å²) in [6.07, 6.45) is 0. The fraction of sp³-hybridized carbons (Fsp3) is 0.0545. The summed E-state index contributed by atoms with van der Waals surface area (Å²) in [5.74, 6) is 0.707. The van der Waals surface area contributed by atoms with E-state index in [2.05, 4.69) is 193 Å². The van der Waals surface area contributed by atoms with Crippen LogP contribution in [0.5, 0.6) is 0 Å². The van der Waals surface area contributed by atoms with E-state index >= 15 is 0 Å². The maximum Gasteiger partial charge on any atom is 0.160 e. The molecule has 12 rings (SSSR count). The third-order valence-electron chi connectivity index (χ3n) is 12.5. The van der Waals surface area contributed by atoms with Crippen molar-refractivity contribution in [2.75, 3.05) is 0 Å². The van der Waals surface area contributed by atoms with Crippen LogP contribution in [-0.2, 0) is 5.41 Å². The zero-order valence-electron chi connectivity index (χ0n) is 32.8. The maximum absolute atomic E-state index is 5.24. The Balaban J connectivity index is 1.21. The molecule has 0 amide bonds. The van der Waals surface area contributed by atoms with E-state index in [0.29, 0.717) is 5.82 Å². The molecule has 0 fully saturated rings. The van der Waals surface area contributed by atoms with Gasteiger partial charge in [-0.05, 0) is 59.2 Å². The van der Waals surface area contributed by atoms with E-state index in [1.807, 2.05) is 24.3 Å². The fourth-order valence-corrected chi connectivity index (χ4v) is 9.93. The van der Waals surface area contributed by atoms with Crippen LogP contribution in [-0.4, -0.2) is 19.1 Å². The van der Waals surface area contributed by atoms with E-state index in [-0.39, 0.29) is 5.41 Å². The molecule has 0 aliphatic heterocycles. The fourth-order valence-electron chi connectivity index (χ4n) is 9.93. The lowest BCUT2D eigenvalue weighted by atomic mass is 9.81. The van der Waals surface area contributed by atoms with E-state index in [0.717, 1.165) is 39.5 Å². The van der Waals surface area contributed by atoms with Gasteiger partial charge in [0.05, 0.1) is 33.5 Å². The van der Waals surface area contributed by atoms with Crippen molar-refractivity contribution in [3.8, 4) is 56.4 Å². The topological polar surface area (TPSA) is 35.6 Å². The SMILES string of the molecule is CC1(C)c2ccccc2-c2c1c1c(c3ccccc3n1-c1ccccc1)c1c3ccccc3n(-c3cccc(-c4cc(-c5ccccc5)nc(-c5ccccc5)n4)c3)c21. The predicted molar refractivity (Wildman–Crippen MR) is 245 cm³/mol. The van der Waals surface area contributed by atoms with Gasteiger partial charge in [-0.25, -0.2) is 9.97 Å². The molecule has 0 bridgehead atoms. The van der Waals surface area contributed by atoms with Crippen LogP contribution >= 0.6 is 0 Å². The summed E-state index contributed by atoms with van der Waals surface area (Å²) in [7, 11) is 0. The molecule has 278 valence electrons. The van der Waals surface area contributed by atoms with Gasteiger partial charge in [0.25, 0.3) is 0 Å². The molecule has 8 aromatic carbocycles. The Morgan fingerprint density at radius 2 is 0.932 bits per heavy atom. The van der Waals surface area contributed by atoms with Crippen LogP contribution < -0.4 is 0 Å². The third kappa shape index (κ3) is 4.90. The van der Waals surface area contributed by atoms with Crippen LogP contribution in [0.3, 0.4) is 0 Å². The monoisotopic (exact) mass is 754 g/mol. The van der Waals surface area contributed by atoms with E-state index in [9.17, 15) is 0 Å². The number of fused-ring (bicyclic) bond motifs is 12. The highest BCUT2D eigenvalue weighted by molar-refractivity contribution is 6.33.